The van der Waals surface area contributed by atoms with Crippen molar-refractivity contribution in [3.05, 3.63) is 60.3 Å². The molecule has 5 nitrogen and oxygen atoms in total. The maximum absolute atomic E-state index is 5.19. The van der Waals surface area contributed by atoms with Crippen LogP contribution in [0.4, 0.5) is 0 Å². The van der Waals surface area contributed by atoms with E-state index in [0.717, 1.165) is 29.2 Å². The summed E-state index contributed by atoms with van der Waals surface area (Å²) in [6.45, 7) is 0.843. The molecule has 1 heterocycles. The molecule has 0 bridgehead atoms. The third kappa shape index (κ3) is 3.40. The average Bonchev–Trinajstić information content (AvgIpc) is 3.05. The molecule has 0 N–H and O–H groups in total. The number of nitrogens with zero attached hydrogens (tertiary/aromatic N) is 4. The molecule has 5 heteroatoms. The summed E-state index contributed by atoms with van der Waals surface area (Å²) in [5, 5.41) is 9.05. The number of hydrogen-bond acceptors (Lipinski definition) is 4. The zero-order valence-electron chi connectivity index (χ0n) is 13.6. The largest absolute Gasteiger partial charge is 0.497 e. The smallest absolute Gasteiger partial charge is 0.118 e. The number of methoxy groups -OCH3 is 1. The number of ether oxygens (including phenoxy) is 1. The molecule has 0 unspecified atom stereocenters. The van der Waals surface area contributed by atoms with Crippen LogP contribution in [0.1, 0.15) is 5.56 Å². The number of benzene rings is 2. The maximum Gasteiger partial charge on any atom is 0.118 e. The molecule has 0 aliphatic carbocycles. The fourth-order valence-electron chi connectivity index (χ4n) is 2.45. The monoisotopic (exact) mass is 308 g/mol. The van der Waals surface area contributed by atoms with Crippen LogP contribution in [0.3, 0.4) is 0 Å². The van der Waals surface area contributed by atoms with Crippen LogP contribution in [-0.2, 0) is 6.54 Å². The van der Waals surface area contributed by atoms with Crippen molar-refractivity contribution >= 4 is 0 Å². The van der Waals surface area contributed by atoms with Crippen molar-refractivity contribution in [2.75, 3.05) is 21.2 Å². The zero-order chi connectivity index (χ0) is 16.2. The first kappa shape index (κ1) is 15.2. The molecule has 23 heavy (non-hydrogen) atoms. The number of rotatable bonds is 5. The number of aromatic nitrogens is 3. The Labute approximate surface area is 136 Å². The summed E-state index contributed by atoms with van der Waals surface area (Å²) in [6.07, 6.45) is 1.79. The van der Waals surface area contributed by atoms with Crippen LogP contribution >= 0.6 is 0 Å². The van der Waals surface area contributed by atoms with Gasteiger partial charge in [0.25, 0.3) is 0 Å². The first-order valence-electron chi connectivity index (χ1n) is 7.47. The van der Waals surface area contributed by atoms with E-state index in [2.05, 4.69) is 35.3 Å². The molecular weight excluding hydrogens is 288 g/mol. The van der Waals surface area contributed by atoms with E-state index < -0.39 is 0 Å². The molecule has 3 rings (SSSR count). The average molecular weight is 308 g/mol. The molecule has 0 amide bonds. The van der Waals surface area contributed by atoms with Crippen LogP contribution in [0, 0.1) is 0 Å². The van der Waals surface area contributed by atoms with Gasteiger partial charge in [-0.05, 0) is 50.0 Å². The van der Waals surface area contributed by atoms with Crippen molar-refractivity contribution in [2.45, 2.75) is 6.54 Å². The predicted molar refractivity (Wildman–Crippen MR) is 90.7 cm³/mol. The zero-order valence-corrected chi connectivity index (χ0v) is 13.6. The Bertz CT molecular complexity index is 778. The Balaban J connectivity index is 1.92. The fourth-order valence-corrected chi connectivity index (χ4v) is 2.45. The lowest BCUT2D eigenvalue weighted by Gasteiger charge is -2.13. The summed E-state index contributed by atoms with van der Waals surface area (Å²) < 4.78 is 5.19. The van der Waals surface area contributed by atoms with Crippen molar-refractivity contribution in [3.63, 3.8) is 0 Å². The topological polar surface area (TPSA) is 43.2 Å². The summed E-state index contributed by atoms with van der Waals surface area (Å²) in [4.78, 5) is 3.82. The molecule has 0 fully saturated rings. The van der Waals surface area contributed by atoms with Crippen LogP contribution in [0.2, 0.25) is 0 Å². The van der Waals surface area contributed by atoms with E-state index in [-0.39, 0.29) is 0 Å². The van der Waals surface area contributed by atoms with Gasteiger partial charge in [-0.25, -0.2) is 0 Å². The first-order chi connectivity index (χ1) is 11.2. The first-order valence-corrected chi connectivity index (χ1v) is 7.47. The minimum Gasteiger partial charge on any atom is -0.497 e. The van der Waals surface area contributed by atoms with E-state index in [9.17, 15) is 0 Å². The van der Waals surface area contributed by atoms with Gasteiger partial charge in [-0.15, -0.1) is 5.10 Å². The summed E-state index contributed by atoms with van der Waals surface area (Å²) in [7, 11) is 5.76. The molecule has 1 aromatic heterocycles. The lowest BCUT2D eigenvalue weighted by atomic mass is 10.1. The van der Waals surface area contributed by atoms with Crippen molar-refractivity contribution in [1.82, 2.24) is 19.9 Å². The summed E-state index contributed by atoms with van der Waals surface area (Å²) in [6, 6.07) is 16.0. The predicted octanol–water partition coefficient (Wildman–Crippen LogP) is 3.00. The molecule has 118 valence electrons. The highest BCUT2D eigenvalue weighted by Gasteiger charge is 2.09. The van der Waals surface area contributed by atoms with Crippen LogP contribution < -0.4 is 4.74 Å². The molecular formula is C18H20N4O. The van der Waals surface area contributed by atoms with Crippen LogP contribution in [-0.4, -0.2) is 41.1 Å². The Morgan fingerprint density at radius 1 is 1.04 bits per heavy atom. The van der Waals surface area contributed by atoms with Crippen LogP contribution in [0.5, 0.6) is 5.75 Å². The van der Waals surface area contributed by atoms with Gasteiger partial charge in [0.1, 0.15) is 11.4 Å². The summed E-state index contributed by atoms with van der Waals surface area (Å²) in [5.74, 6) is 0.831. The number of hydrogen-bond donors (Lipinski definition) is 0. The maximum atomic E-state index is 5.19. The highest BCUT2D eigenvalue weighted by atomic mass is 16.5. The molecule has 2 aromatic carbocycles. The lowest BCUT2D eigenvalue weighted by Crippen LogP contribution is -2.13. The second-order valence-electron chi connectivity index (χ2n) is 5.61. The quantitative estimate of drug-likeness (QED) is 0.727. The second kappa shape index (κ2) is 6.62. The molecule has 0 aliphatic heterocycles. The van der Waals surface area contributed by atoms with Gasteiger partial charge in [0, 0.05) is 12.1 Å². The van der Waals surface area contributed by atoms with E-state index in [1.165, 1.54) is 5.56 Å². The minimum absolute atomic E-state index is 0.831. The highest BCUT2D eigenvalue weighted by molar-refractivity contribution is 5.59. The van der Waals surface area contributed by atoms with E-state index in [1.54, 1.807) is 18.1 Å². The van der Waals surface area contributed by atoms with Crippen molar-refractivity contribution in [1.29, 1.82) is 0 Å². The van der Waals surface area contributed by atoms with Gasteiger partial charge in [-0.2, -0.15) is 9.90 Å². The fraction of sp³-hybridized carbons (Fsp3) is 0.222. The molecule has 0 aliphatic rings. The summed E-state index contributed by atoms with van der Waals surface area (Å²) >= 11 is 0. The second-order valence-corrected chi connectivity index (χ2v) is 5.61. The van der Waals surface area contributed by atoms with E-state index in [1.807, 2.05) is 42.5 Å². The third-order valence-corrected chi connectivity index (χ3v) is 3.57. The van der Waals surface area contributed by atoms with Crippen LogP contribution in [0.25, 0.3) is 16.9 Å². The standard InChI is InChI=1S/C18H20N4O/c1-21(2)13-15-6-4-5-7-18(15)22-19-12-17(20-22)14-8-10-16(23-3)11-9-14/h4-12H,13H2,1-3H3. The van der Waals surface area contributed by atoms with E-state index in [4.69, 9.17) is 4.74 Å². The molecule has 0 radical (unpaired) electrons. The minimum atomic E-state index is 0.831. The Hall–Kier alpha value is -2.66. The van der Waals surface area contributed by atoms with Gasteiger partial charge < -0.3 is 9.64 Å². The lowest BCUT2D eigenvalue weighted by molar-refractivity contribution is 0.401. The SMILES string of the molecule is COc1ccc(-c2cnn(-c3ccccc3CN(C)C)n2)cc1. The molecule has 0 saturated heterocycles. The van der Waals surface area contributed by atoms with Crippen molar-refractivity contribution in [2.24, 2.45) is 0 Å². The van der Waals surface area contributed by atoms with Gasteiger partial charge >= 0.3 is 0 Å². The Morgan fingerprint density at radius 3 is 2.48 bits per heavy atom. The van der Waals surface area contributed by atoms with Gasteiger partial charge in [-0.3, -0.25) is 0 Å². The molecule has 3 aromatic rings. The van der Waals surface area contributed by atoms with Crippen molar-refractivity contribution in [3.8, 4) is 22.7 Å². The van der Waals surface area contributed by atoms with Gasteiger partial charge in [0.2, 0.25) is 0 Å². The highest BCUT2D eigenvalue weighted by Crippen LogP contribution is 2.21. The van der Waals surface area contributed by atoms with Gasteiger partial charge in [0.05, 0.1) is 19.0 Å². The third-order valence-electron chi connectivity index (χ3n) is 3.57. The number of para-hydroxylation sites is 1. The molecule has 0 atom stereocenters. The van der Waals surface area contributed by atoms with E-state index >= 15 is 0 Å². The van der Waals surface area contributed by atoms with Crippen LogP contribution in [0.15, 0.2) is 54.7 Å². The van der Waals surface area contributed by atoms with Gasteiger partial charge in [-0.1, -0.05) is 18.2 Å². The Kier molecular flexibility index (Phi) is 4.39. The van der Waals surface area contributed by atoms with Gasteiger partial charge in [0.15, 0.2) is 0 Å². The molecule has 0 saturated carbocycles. The Morgan fingerprint density at radius 2 is 1.78 bits per heavy atom. The van der Waals surface area contributed by atoms with E-state index in [0.29, 0.717) is 0 Å². The summed E-state index contributed by atoms with van der Waals surface area (Å²) in [5.41, 5.74) is 4.05. The normalized spacial score (nSPS) is 11.0. The molecule has 0 spiro atoms. The van der Waals surface area contributed by atoms with Crippen molar-refractivity contribution < 1.29 is 4.74 Å².